The monoisotopic (exact) mass is 263 g/mol. The van der Waals surface area contributed by atoms with E-state index >= 15 is 0 Å². The van der Waals surface area contributed by atoms with Gasteiger partial charge < -0.3 is 5.73 Å². The fraction of sp³-hybridized carbons (Fsp3) is 0.0625. The summed E-state index contributed by atoms with van der Waals surface area (Å²) in [7, 11) is 0. The summed E-state index contributed by atoms with van der Waals surface area (Å²) in [5.74, 6) is 0.0595. The molecule has 0 saturated heterocycles. The first-order valence-corrected chi connectivity index (χ1v) is 6.32. The predicted octanol–water partition coefficient (Wildman–Crippen LogP) is 2.32. The highest BCUT2D eigenvalue weighted by Crippen LogP contribution is 2.20. The lowest BCUT2D eigenvalue weighted by molar-refractivity contribution is 0.0995. The highest BCUT2D eigenvalue weighted by molar-refractivity contribution is 5.90. The Balaban J connectivity index is 2.01. The van der Waals surface area contributed by atoms with Gasteiger partial charge in [-0.25, -0.2) is 9.97 Å². The van der Waals surface area contributed by atoms with Crippen LogP contribution in [0.4, 0.5) is 0 Å². The average Bonchev–Trinajstić information content (AvgIpc) is 2.48. The van der Waals surface area contributed by atoms with Crippen molar-refractivity contribution >= 4 is 16.7 Å². The maximum Gasteiger partial charge on any atom is 0.267 e. The number of hydrogen-bond acceptors (Lipinski definition) is 3. The second kappa shape index (κ2) is 5.09. The van der Waals surface area contributed by atoms with Crippen molar-refractivity contribution in [3.8, 4) is 0 Å². The zero-order valence-corrected chi connectivity index (χ0v) is 10.8. The normalized spacial score (nSPS) is 10.6. The summed E-state index contributed by atoms with van der Waals surface area (Å²) in [6.45, 7) is 0. The molecule has 4 nitrogen and oxygen atoms in total. The minimum atomic E-state index is -0.536. The van der Waals surface area contributed by atoms with Gasteiger partial charge in [0.2, 0.25) is 0 Å². The Morgan fingerprint density at radius 2 is 1.85 bits per heavy atom. The summed E-state index contributed by atoms with van der Waals surface area (Å²) >= 11 is 0. The predicted molar refractivity (Wildman–Crippen MR) is 77.3 cm³/mol. The molecule has 3 aromatic rings. The molecule has 1 aromatic heterocycles. The molecule has 0 aliphatic heterocycles. The van der Waals surface area contributed by atoms with Crippen LogP contribution >= 0.6 is 0 Å². The van der Waals surface area contributed by atoms with Crippen LogP contribution in [0.15, 0.2) is 54.7 Å². The summed E-state index contributed by atoms with van der Waals surface area (Å²) in [6.07, 6.45) is 2.13. The van der Waals surface area contributed by atoms with Crippen molar-refractivity contribution in [2.45, 2.75) is 6.42 Å². The highest BCUT2D eigenvalue weighted by Gasteiger charge is 2.07. The Morgan fingerprint density at radius 1 is 1.05 bits per heavy atom. The van der Waals surface area contributed by atoms with Crippen molar-refractivity contribution in [3.05, 3.63) is 71.8 Å². The third-order valence-corrected chi connectivity index (χ3v) is 3.19. The Bertz CT molecular complexity index is 778. The molecule has 1 amide bonds. The molecule has 0 atom stereocenters. The van der Waals surface area contributed by atoms with Crippen molar-refractivity contribution in [2.24, 2.45) is 5.73 Å². The molecule has 0 spiro atoms. The highest BCUT2D eigenvalue weighted by atomic mass is 16.1. The molecule has 20 heavy (non-hydrogen) atoms. The molecular formula is C16H13N3O. The average molecular weight is 263 g/mol. The second-order valence-corrected chi connectivity index (χ2v) is 4.54. The number of nitrogens with two attached hydrogens (primary N) is 1. The molecule has 3 rings (SSSR count). The lowest BCUT2D eigenvalue weighted by Gasteiger charge is -2.06. The number of aromatic nitrogens is 2. The summed E-state index contributed by atoms with van der Waals surface area (Å²) < 4.78 is 0. The van der Waals surface area contributed by atoms with Crippen LogP contribution in [-0.2, 0) is 6.42 Å². The van der Waals surface area contributed by atoms with Gasteiger partial charge in [0.25, 0.3) is 5.91 Å². The largest absolute Gasteiger partial charge is 0.364 e. The number of carbonyl (C=O) groups excluding carboxylic acids is 1. The summed E-state index contributed by atoms with van der Waals surface area (Å²) in [6, 6.07) is 15.8. The van der Waals surface area contributed by atoms with Gasteiger partial charge in [-0.15, -0.1) is 0 Å². The molecule has 2 N–H and O–H groups in total. The van der Waals surface area contributed by atoms with E-state index in [1.165, 1.54) is 16.8 Å². The fourth-order valence-electron chi connectivity index (χ4n) is 2.24. The van der Waals surface area contributed by atoms with Crippen LogP contribution in [0.2, 0.25) is 0 Å². The third kappa shape index (κ3) is 2.36. The Morgan fingerprint density at radius 3 is 2.70 bits per heavy atom. The van der Waals surface area contributed by atoms with Crippen LogP contribution < -0.4 is 5.73 Å². The number of amides is 1. The van der Waals surface area contributed by atoms with Gasteiger partial charge >= 0.3 is 0 Å². The van der Waals surface area contributed by atoms with Gasteiger partial charge in [0.1, 0.15) is 11.5 Å². The van der Waals surface area contributed by atoms with Crippen LogP contribution in [0, 0.1) is 0 Å². The zero-order valence-electron chi connectivity index (χ0n) is 10.8. The molecule has 0 radical (unpaired) electrons. The number of hydrogen-bond donors (Lipinski definition) is 1. The van der Waals surface area contributed by atoms with Crippen LogP contribution in [0.5, 0.6) is 0 Å². The van der Waals surface area contributed by atoms with Gasteiger partial charge in [-0.1, -0.05) is 42.5 Å². The number of fused-ring (bicyclic) bond motifs is 1. The molecule has 0 bridgehead atoms. The molecule has 98 valence electrons. The van der Waals surface area contributed by atoms with E-state index < -0.39 is 5.91 Å². The van der Waals surface area contributed by atoms with Gasteiger partial charge in [0, 0.05) is 12.6 Å². The van der Waals surface area contributed by atoms with Crippen LogP contribution in [-0.4, -0.2) is 15.9 Å². The van der Waals surface area contributed by atoms with E-state index in [0.717, 1.165) is 5.56 Å². The first-order valence-electron chi connectivity index (χ1n) is 6.32. The molecule has 2 aromatic carbocycles. The lowest BCUT2D eigenvalue weighted by atomic mass is 10.0. The number of primary amides is 1. The first-order chi connectivity index (χ1) is 9.74. The van der Waals surface area contributed by atoms with Crippen LogP contribution in [0.1, 0.15) is 21.9 Å². The van der Waals surface area contributed by atoms with Gasteiger partial charge in [0.05, 0.1) is 0 Å². The SMILES string of the molecule is NC(=O)c1ccnc(Cc2cccc3ccccc23)n1. The van der Waals surface area contributed by atoms with Gasteiger partial charge in [-0.05, 0) is 22.4 Å². The zero-order chi connectivity index (χ0) is 13.9. The lowest BCUT2D eigenvalue weighted by Crippen LogP contribution is -2.14. The number of carbonyl (C=O) groups is 1. The topological polar surface area (TPSA) is 68.9 Å². The number of nitrogens with zero attached hydrogens (tertiary/aromatic N) is 2. The van der Waals surface area contributed by atoms with E-state index in [4.69, 9.17) is 5.73 Å². The molecule has 0 aliphatic rings. The van der Waals surface area contributed by atoms with E-state index in [-0.39, 0.29) is 5.69 Å². The molecule has 1 heterocycles. The smallest absolute Gasteiger partial charge is 0.267 e. The minimum absolute atomic E-state index is 0.246. The Kier molecular flexibility index (Phi) is 3.13. The summed E-state index contributed by atoms with van der Waals surface area (Å²) in [4.78, 5) is 19.5. The quantitative estimate of drug-likeness (QED) is 0.788. The molecule has 0 aliphatic carbocycles. The number of benzene rings is 2. The maximum absolute atomic E-state index is 11.1. The van der Waals surface area contributed by atoms with Gasteiger partial charge in [0.15, 0.2) is 0 Å². The third-order valence-electron chi connectivity index (χ3n) is 3.19. The Labute approximate surface area is 116 Å². The summed E-state index contributed by atoms with van der Waals surface area (Å²) in [5.41, 5.74) is 6.61. The van der Waals surface area contributed by atoms with Crippen molar-refractivity contribution in [1.29, 1.82) is 0 Å². The van der Waals surface area contributed by atoms with Gasteiger partial charge in [-0.2, -0.15) is 0 Å². The van der Waals surface area contributed by atoms with E-state index in [0.29, 0.717) is 12.2 Å². The fourth-order valence-corrected chi connectivity index (χ4v) is 2.24. The van der Waals surface area contributed by atoms with Crippen molar-refractivity contribution in [3.63, 3.8) is 0 Å². The van der Waals surface area contributed by atoms with E-state index in [9.17, 15) is 4.79 Å². The first kappa shape index (κ1) is 12.3. The Hall–Kier alpha value is -2.75. The molecule has 0 saturated carbocycles. The molecular weight excluding hydrogens is 250 g/mol. The van der Waals surface area contributed by atoms with Crippen molar-refractivity contribution in [1.82, 2.24) is 9.97 Å². The van der Waals surface area contributed by atoms with E-state index in [2.05, 4.69) is 28.2 Å². The minimum Gasteiger partial charge on any atom is -0.364 e. The van der Waals surface area contributed by atoms with E-state index in [1.807, 2.05) is 24.3 Å². The number of rotatable bonds is 3. The second-order valence-electron chi connectivity index (χ2n) is 4.54. The van der Waals surface area contributed by atoms with Crippen LogP contribution in [0.3, 0.4) is 0 Å². The molecule has 4 heteroatoms. The van der Waals surface area contributed by atoms with E-state index in [1.54, 1.807) is 6.20 Å². The van der Waals surface area contributed by atoms with Gasteiger partial charge in [-0.3, -0.25) is 4.79 Å². The van der Waals surface area contributed by atoms with Crippen molar-refractivity contribution in [2.75, 3.05) is 0 Å². The molecule has 0 unspecified atom stereocenters. The summed E-state index contributed by atoms with van der Waals surface area (Å²) in [5, 5.41) is 2.35. The van der Waals surface area contributed by atoms with Crippen LogP contribution in [0.25, 0.3) is 10.8 Å². The standard InChI is InChI=1S/C16H13N3O/c17-16(20)14-8-9-18-15(19-14)10-12-6-3-5-11-4-1-2-7-13(11)12/h1-9H,10H2,(H2,17,20). The molecule has 0 fully saturated rings. The maximum atomic E-state index is 11.1. The van der Waals surface area contributed by atoms with Crippen molar-refractivity contribution < 1.29 is 4.79 Å².